The largest absolute Gasteiger partial charge is 0.368 e. The average Bonchev–Trinajstić information content (AvgIpc) is 3.11. The molecule has 2 heterocycles. The van der Waals surface area contributed by atoms with Gasteiger partial charge in [0.25, 0.3) is 0 Å². The van der Waals surface area contributed by atoms with E-state index < -0.39 is 0 Å². The molecule has 1 aromatic heterocycles. The molecule has 2 fully saturated rings. The number of hydrogen-bond donors (Lipinski definition) is 1. The Morgan fingerprint density at radius 2 is 1.91 bits per heavy atom. The number of nitrogens with one attached hydrogen (secondary N) is 1. The van der Waals surface area contributed by atoms with Crippen LogP contribution in [-0.4, -0.2) is 40.5 Å². The summed E-state index contributed by atoms with van der Waals surface area (Å²) in [6, 6.07) is 0.858. The van der Waals surface area contributed by atoms with Gasteiger partial charge in [-0.2, -0.15) is 0 Å². The number of anilines is 1. The fourth-order valence-corrected chi connectivity index (χ4v) is 4.05. The van der Waals surface area contributed by atoms with Gasteiger partial charge in [0.2, 0.25) is 0 Å². The molecule has 2 aliphatic rings. The van der Waals surface area contributed by atoms with E-state index >= 15 is 0 Å². The number of hydrogen-bond acceptors (Lipinski definition) is 4. The monoisotopic (exact) mass is 320 g/mol. The molecule has 0 amide bonds. The predicted octanol–water partition coefficient (Wildman–Crippen LogP) is 3.63. The third-order valence-electron chi connectivity index (χ3n) is 5.53. The highest BCUT2D eigenvalue weighted by molar-refractivity contribution is 5.37. The van der Waals surface area contributed by atoms with Crippen LogP contribution < -0.4 is 5.32 Å². The summed E-state index contributed by atoms with van der Waals surface area (Å²) in [7, 11) is 0. The molecule has 128 valence electrons. The molecule has 0 bridgehead atoms. The molecule has 1 saturated carbocycles. The normalized spacial score (nSPS) is 21.0. The van der Waals surface area contributed by atoms with Crippen LogP contribution >= 0.6 is 0 Å². The summed E-state index contributed by atoms with van der Waals surface area (Å²) < 4.78 is 14.1. The zero-order valence-corrected chi connectivity index (χ0v) is 14.2. The molecule has 1 aliphatic heterocycles. The summed E-state index contributed by atoms with van der Waals surface area (Å²) in [6.45, 7) is 5.20. The molecule has 0 atom stereocenters. The summed E-state index contributed by atoms with van der Waals surface area (Å²) in [4.78, 5) is 10.7. The lowest BCUT2D eigenvalue weighted by atomic mass is 9.92. The standard InChI is InChI=1S/C18H29FN4/c1-2-16-17(19)18(22-13-21-16)20-10-7-14-8-11-23(12-9-14)15-5-3-4-6-15/h13-15H,2-12H2,1H3,(H,20,21,22). The van der Waals surface area contributed by atoms with Gasteiger partial charge >= 0.3 is 0 Å². The molecule has 3 rings (SSSR count). The van der Waals surface area contributed by atoms with Crippen LogP contribution in [0.4, 0.5) is 10.2 Å². The smallest absolute Gasteiger partial charge is 0.186 e. The van der Waals surface area contributed by atoms with Gasteiger partial charge in [0.05, 0.1) is 5.69 Å². The number of aryl methyl sites for hydroxylation is 1. The summed E-state index contributed by atoms with van der Waals surface area (Å²) in [5, 5.41) is 3.16. The van der Waals surface area contributed by atoms with Crippen molar-refractivity contribution in [2.24, 2.45) is 5.92 Å². The quantitative estimate of drug-likeness (QED) is 0.869. The zero-order chi connectivity index (χ0) is 16.1. The zero-order valence-electron chi connectivity index (χ0n) is 14.2. The highest BCUT2D eigenvalue weighted by Crippen LogP contribution is 2.29. The van der Waals surface area contributed by atoms with E-state index in [1.807, 2.05) is 6.92 Å². The van der Waals surface area contributed by atoms with Gasteiger partial charge in [-0.3, -0.25) is 0 Å². The minimum atomic E-state index is -0.286. The van der Waals surface area contributed by atoms with Gasteiger partial charge in [0, 0.05) is 12.6 Å². The highest BCUT2D eigenvalue weighted by atomic mass is 19.1. The second kappa shape index (κ2) is 8.04. The first-order valence-electron chi connectivity index (χ1n) is 9.25. The maximum atomic E-state index is 14.1. The van der Waals surface area contributed by atoms with E-state index in [9.17, 15) is 4.39 Å². The van der Waals surface area contributed by atoms with Crippen LogP contribution in [0.25, 0.3) is 0 Å². The minimum absolute atomic E-state index is 0.286. The van der Waals surface area contributed by atoms with E-state index in [4.69, 9.17) is 0 Å². The van der Waals surface area contributed by atoms with Crippen LogP contribution in [0.2, 0.25) is 0 Å². The van der Waals surface area contributed by atoms with E-state index in [1.54, 1.807) is 0 Å². The fourth-order valence-electron chi connectivity index (χ4n) is 4.05. The van der Waals surface area contributed by atoms with Crippen molar-refractivity contribution in [1.82, 2.24) is 14.9 Å². The van der Waals surface area contributed by atoms with Crippen molar-refractivity contribution in [3.05, 3.63) is 17.8 Å². The van der Waals surface area contributed by atoms with Crippen LogP contribution in [0.15, 0.2) is 6.33 Å². The maximum Gasteiger partial charge on any atom is 0.186 e. The minimum Gasteiger partial charge on any atom is -0.368 e. The predicted molar refractivity (Wildman–Crippen MR) is 91.0 cm³/mol. The van der Waals surface area contributed by atoms with Crippen molar-refractivity contribution in [1.29, 1.82) is 0 Å². The first kappa shape index (κ1) is 16.6. The van der Waals surface area contributed by atoms with E-state index in [-0.39, 0.29) is 5.82 Å². The fraction of sp³-hybridized carbons (Fsp3) is 0.778. The number of rotatable bonds is 6. The Hall–Kier alpha value is -1.23. The van der Waals surface area contributed by atoms with Crippen molar-refractivity contribution in [3.8, 4) is 0 Å². The molecular formula is C18H29FN4. The Morgan fingerprint density at radius 3 is 2.61 bits per heavy atom. The van der Waals surface area contributed by atoms with Gasteiger partial charge in [-0.25, -0.2) is 14.4 Å². The van der Waals surface area contributed by atoms with Gasteiger partial charge in [-0.15, -0.1) is 0 Å². The molecule has 5 heteroatoms. The van der Waals surface area contributed by atoms with E-state index in [0.717, 1.165) is 24.9 Å². The van der Waals surface area contributed by atoms with Crippen LogP contribution in [0, 0.1) is 11.7 Å². The molecule has 1 aliphatic carbocycles. The molecular weight excluding hydrogens is 291 g/mol. The lowest BCUT2D eigenvalue weighted by Gasteiger charge is -2.36. The summed E-state index contributed by atoms with van der Waals surface area (Å²) >= 11 is 0. The van der Waals surface area contributed by atoms with Crippen LogP contribution in [-0.2, 0) is 6.42 Å². The van der Waals surface area contributed by atoms with Crippen LogP contribution in [0.1, 0.15) is 57.6 Å². The Bertz CT molecular complexity index is 494. The van der Waals surface area contributed by atoms with E-state index in [2.05, 4.69) is 20.2 Å². The molecule has 1 N–H and O–H groups in total. The molecule has 23 heavy (non-hydrogen) atoms. The van der Waals surface area contributed by atoms with Gasteiger partial charge in [-0.1, -0.05) is 19.8 Å². The van der Waals surface area contributed by atoms with Crippen molar-refractivity contribution in [2.45, 2.75) is 64.3 Å². The first-order valence-corrected chi connectivity index (χ1v) is 9.25. The number of halogens is 1. The highest BCUT2D eigenvalue weighted by Gasteiger charge is 2.26. The van der Waals surface area contributed by atoms with Gasteiger partial charge in [-0.05, 0) is 57.5 Å². The number of piperidine rings is 1. The Labute approximate surface area is 138 Å². The molecule has 1 saturated heterocycles. The van der Waals surface area contributed by atoms with Gasteiger partial charge < -0.3 is 10.2 Å². The second-order valence-electron chi connectivity index (χ2n) is 6.97. The third kappa shape index (κ3) is 4.19. The maximum absolute atomic E-state index is 14.1. The van der Waals surface area contributed by atoms with Gasteiger partial charge in [0.15, 0.2) is 11.6 Å². The number of nitrogens with zero attached hydrogens (tertiary/aromatic N) is 3. The molecule has 4 nitrogen and oxygen atoms in total. The SMILES string of the molecule is CCc1ncnc(NCCC2CCN(C3CCCC3)CC2)c1F. The lowest BCUT2D eigenvalue weighted by Crippen LogP contribution is -2.40. The number of aromatic nitrogens is 2. The van der Waals surface area contributed by atoms with Gasteiger partial charge in [0.1, 0.15) is 6.33 Å². The lowest BCUT2D eigenvalue weighted by molar-refractivity contribution is 0.132. The molecule has 0 unspecified atom stereocenters. The molecule has 1 aromatic rings. The van der Waals surface area contributed by atoms with Crippen LogP contribution in [0.5, 0.6) is 0 Å². The van der Waals surface area contributed by atoms with Crippen molar-refractivity contribution < 1.29 is 4.39 Å². The topological polar surface area (TPSA) is 41.1 Å². The third-order valence-corrected chi connectivity index (χ3v) is 5.53. The molecule has 0 radical (unpaired) electrons. The average molecular weight is 320 g/mol. The van der Waals surface area contributed by atoms with E-state index in [1.165, 1.54) is 57.9 Å². The first-order chi connectivity index (χ1) is 11.3. The van der Waals surface area contributed by atoms with Crippen molar-refractivity contribution in [3.63, 3.8) is 0 Å². The summed E-state index contributed by atoms with van der Waals surface area (Å²) in [5.41, 5.74) is 0.493. The Balaban J connectivity index is 1.40. The Kier molecular flexibility index (Phi) is 5.81. The molecule has 0 aromatic carbocycles. The summed E-state index contributed by atoms with van der Waals surface area (Å²) in [6.07, 6.45) is 11.3. The van der Waals surface area contributed by atoms with Crippen LogP contribution in [0.3, 0.4) is 0 Å². The summed E-state index contributed by atoms with van der Waals surface area (Å²) in [5.74, 6) is 0.835. The molecule has 0 spiro atoms. The van der Waals surface area contributed by atoms with Crippen molar-refractivity contribution in [2.75, 3.05) is 25.0 Å². The van der Waals surface area contributed by atoms with E-state index in [0.29, 0.717) is 17.9 Å². The Morgan fingerprint density at radius 1 is 1.17 bits per heavy atom. The van der Waals surface area contributed by atoms with Crippen molar-refractivity contribution >= 4 is 5.82 Å². The number of likely N-dealkylation sites (tertiary alicyclic amines) is 1. The second-order valence-corrected chi connectivity index (χ2v) is 6.97.